The van der Waals surface area contributed by atoms with Gasteiger partial charge < -0.3 is 5.32 Å². The van der Waals surface area contributed by atoms with Crippen LogP contribution in [0.2, 0.25) is 0 Å². The van der Waals surface area contributed by atoms with E-state index in [0.717, 1.165) is 32.1 Å². The van der Waals surface area contributed by atoms with Crippen LogP contribution in [0.4, 0.5) is 5.82 Å². The molecule has 0 saturated carbocycles. The fourth-order valence-electron chi connectivity index (χ4n) is 3.64. The van der Waals surface area contributed by atoms with Crippen molar-refractivity contribution in [3.63, 3.8) is 0 Å². The van der Waals surface area contributed by atoms with Crippen molar-refractivity contribution in [2.24, 2.45) is 0 Å². The number of nitrogens with zero attached hydrogens (tertiary/aromatic N) is 1. The summed E-state index contributed by atoms with van der Waals surface area (Å²) in [5.74, 6) is 0.583. The average molecular weight is 469 g/mol. The van der Waals surface area contributed by atoms with Gasteiger partial charge in [0.1, 0.15) is 5.82 Å². The largest absolute Gasteiger partial charge is 0.366 e. The molecule has 0 radical (unpaired) electrons. The van der Waals surface area contributed by atoms with Crippen molar-refractivity contribution >= 4 is 42.7 Å². The first-order valence-corrected chi connectivity index (χ1v) is 11.9. The molecule has 4 nitrogen and oxygen atoms in total. The van der Waals surface area contributed by atoms with Gasteiger partial charge in [0, 0.05) is 22.0 Å². The lowest BCUT2D eigenvalue weighted by molar-refractivity contribution is 0.595. The van der Waals surface area contributed by atoms with Crippen LogP contribution in [0.15, 0.2) is 77.3 Å². The number of fused-ring (bicyclic) bond motifs is 1. The van der Waals surface area contributed by atoms with Crippen LogP contribution < -0.4 is 5.32 Å². The quantitative estimate of drug-likeness (QED) is 0.402. The Morgan fingerprint density at radius 3 is 2.45 bits per heavy atom. The molecule has 0 unspecified atom stereocenters. The number of anilines is 1. The van der Waals surface area contributed by atoms with Gasteiger partial charge in [-0.25, -0.2) is 12.4 Å². The maximum absolute atomic E-state index is 12.8. The molecule has 0 saturated heterocycles. The van der Waals surface area contributed by atoms with E-state index in [1.165, 1.54) is 10.2 Å². The third-order valence-electron chi connectivity index (χ3n) is 4.82. The first kappa shape index (κ1) is 19.7. The van der Waals surface area contributed by atoms with Crippen LogP contribution >= 0.6 is 15.9 Å². The number of aryl methyl sites for hydroxylation is 1. The number of rotatable bonds is 5. The first-order chi connectivity index (χ1) is 13.8. The molecule has 1 N–H and O–H groups in total. The molecule has 4 rings (SSSR count). The topological polar surface area (TPSA) is 51.1 Å². The molecule has 6 heteroatoms. The van der Waals surface area contributed by atoms with Crippen molar-refractivity contribution in [1.29, 1.82) is 0 Å². The molecule has 1 heterocycles. The van der Waals surface area contributed by atoms with Gasteiger partial charge >= 0.3 is 0 Å². The lowest BCUT2D eigenvalue weighted by Crippen LogP contribution is -2.14. The third kappa shape index (κ3) is 3.95. The molecule has 4 aromatic rings. The van der Waals surface area contributed by atoms with Gasteiger partial charge in [-0.15, -0.1) is 0 Å². The monoisotopic (exact) mass is 468 g/mol. The Kier molecular flexibility index (Phi) is 5.23. The summed E-state index contributed by atoms with van der Waals surface area (Å²) in [5.41, 5.74) is 4.73. The van der Waals surface area contributed by atoms with Crippen LogP contribution in [0.25, 0.3) is 22.0 Å². The highest BCUT2D eigenvalue weighted by Gasteiger charge is 2.23. The van der Waals surface area contributed by atoms with Gasteiger partial charge in [-0.2, -0.15) is 0 Å². The van der Waals surface area contributed by atoms with E-state index in [1.54, 1.807) is 0 Å². The molecule has 3 aromatic carbocycles. The molecule has 0 aliphatic rings. The highest BCUT2D eigenvalue weighted by Crippen LogP contribution is 2.40. The van der Waals surface area contributed by atoms with Crippen LogP contribution in [0.5, 0.6) is 0 Å². The predicted octanol–water partition coefficient (Wildman–Crippen LogP) is 5.80. The van der Waals surface area contributed by atoms with Crippen LogP contribution in [-0.4, -0.2) is 18.6 Å². The highest BCUT2D eigenvalue weighted by molar-refractivity contribution is 9.10. The summed E-state index contributed by atoms with van der Waals surface area (Å²) >= 11 is 3.49. The molecular formula is C23H21BrN2O2S. The van der Waals surface area contributed by atoms with Gasteiger partial charge in [-0.3, -0.25) is 0 Å². The predicted molar refractivity (Wildman–Crippen MR) is 124 cm³/mol. The van der Waals surface area contributed by atoms with Crippen LogP contribution in [-0.2, 0) is 16.6 Å². The fraction of sp³-hybridized carbons (Fsp3) is 0.130. The average Bonchev–Trinajstić information content (AvgIpc) is 3.01. The molecule has 1 aromatic heterocycles. The maximum Gasteiger partial charge on any atom is 0.237 e. The molecule has 0 amide bonds. The SMILES string of the molecule is Cc1cccc(-c2c(NCc3cccc(Br)c3)n(S(C)(=O)=O)c3ccccc23)c1. The molecule has 0 atom stereocenters. The summed E-state index contributed by atoms with van der Waals surface area (Å²) in [6, 6.07) is 23.7. The van der Waals surface area contributed by atoms with Gasteiger partial charge in [0.15, 0.2) is 0 Å². The summed E-state index contributed by atoms with van der Waals surface area (Å²) in [5, 5.41) is 4.31. The summed E-state index contributed by atoms with van der Waals surface area (Å²) in [4.78, 5) is 0. The zero-order valence-corrected chi connectivity index (χ0v) is 18.6. The lowest BCUT2D eigenvalue weighted by atomic mass is 10.0. The number of hydrogen-bond donors (Lipinski definition) is 1. The van der Waals surface area contributed by atoms with Crippen molar-refractivity contribution in [2.45, 2.75) is 13.5 Å². The van der Waals surface area contributed by atoms with E-state index in [2.05, 4.69) is 27.3 Å². The normalized spacial score (nSPS) is 11.7. The summed E-state index contributed by atoms with van der Waals surface area (Å²) in [6.07, 6.45) is 1.24. The summed E-state index contributed by atoms with van der Waals surface area (Å²) in [7, 11) is -3.53. The Balaban J connectivity index is 1.96. The van der Waals surface area contributed by atoms with E-state index in [-0.39, 0.29) is 0 Å². The van der Waals surface area contributed by atoms with E-state index in [9.17, 15) is 8.42 Å². The summed E-state index contributed by atoms with van der Waals surface area (Å²) in [6.45, 7) is 2.54. The van der Waals surface area contributed by atoms with Crippen molar-refractivity contribution in [3.05, 3.63) is 88.4 Å². The minimum atomic E-state index is -3.53. The zero-order valence-electron chi connectivity index (χ0n) is 16.2. The van der Waals surface area contributed by atoms with E-state index < -0.39 is 10.0 Å². The first-order valence-electron chi connectivity index (χ1n) is 9.24. The standard InChI is InChI=1S/C23H21BrN2O2S/c1-16-7-5-9-18(13-16)22-20-11-3-4-12-21(20)26(29(2,27)28)23(22)25-15-17-8-6-10-19(24)14-17/h3-14,25H,15H2,1-2H3. The second-order valence-electron chi connectivity index (χ2n) is 7.12. The van der Waals surface area contributed by atoms with Crippen molar-refractivity contribution < 1.29 is 8.42 Å². The second-order valence-corrected chi connectivity index (χ2v) is 9.87. The van der Waals surface area contributed by atoms with Crippen LogP contribution in [0.1, 0.15) is 11.1 Å². The van der Waals surface area contributed by atoms with Crippen molar-refractivity contribution in [3.8, 4) is 11.1 Å². The van der Waals surface area contributed by atoms with Crippen LogP contribution in [0, 0.1) is 6.92 Å². The summed E-state index contributed by atoms with van der Waals surface area (Å²) < 4.78 is 27.9. The van der Waals surface area contributed by atoms with Crippen molar-refractivity contribution in [1.82, 2.24) is 3.97 Å². The molecule has 148 valence electrons. The van der Waals surface area contributed by atoms with Gasteiger partial charge in [0.05, 0.1) is 11.8 Å². The Bertz CT molecular complexity index is 1310. The molecule has 0 aliphatic heterocycles. The molecule has 29 heavy (non-hydrogen) atoms. The molecular weight excluding hydrogens is 448 g/mol. The number of para-hydroxylation sites is 1. The lowest BCUT2D eigenvalue weighted by Gasteiger charge is -2.14. The Morgan fingerprint density at radius 2 is 1.72 bits per heavy atom. The number of aromatic nitrogens is 1. The minimum Gasteiger partial charge on any atom is -0.366 e. The van der Waals surface area contributed by atoms with Crippen molar-refractivity contribution in [2.75, 3.05) is 11.6 Å². The second kappa shape index (κ2) is 7.69. The van der Waals surface area contributed by atoms with Gasteiger partial charge in [-0.1, -0.05) is 76.1 Å². The molecule has 0 spiro atoms. The third-order valence-corrected chi connectivity index (χ3v) is 6.36. The Labute approximate surface area is 179 Å². The minimum absolute atomic E-state index is 0.504. The fourth-order valence-corrected chi connectivity index (χ4v) is 5.09. The van der Waals surface area contributed by atoms with Gasteiger partial charge in [-0.05, 0) is 36.2 Å². The number of nitrogens with one attached hydrogen (secondary N) is 1. The van der Waals surface area contributed by atoms with E-state index >= 15 is 0 Å². The maximum atomic E-state index is 12.8. The Morgan fingerprint density at radius 1 is 0.966 bits per heavy atom. The molecule has 0 aliphatic carbocycles. The molecule has 0 bridgehead atoms. The number of benzene rings is 3. The van der Waals surface area contributed by atoms with Crippen LogP contribution in [0.3, 0.4) is 0 Å². The molecule has 0 fully saturated rings. The van der Waals surface area contributed by atoms with Gasteiger partial charge in [0.25, 0.3) is 0 Å². The smallest absolute Gasteiger partial charge is 0.237 e. The van der Waals surface area contributed by atoms with E-state index in [1.807, 2.05) is 73.7 Å². The number of halogens is 1. The van der Waals surface area contributed by atoms with Gasteiger partial charge in [0.2, 0.25) is 10.0 Å². The zero-order chi connectivity index (χ0) is 20.6. The Hall–Kier alpha value is -2.57. The highest BCUT2D eigenvalue weighted by atomic mass is 79.9. The van der Waals surface area contributed by atoms with E-state index in [0.29, 0.717) is 17.9 Å². The van der Waals surface area contributed by atoms with E-state index in [4.69, 9.17) is 0 Å². The number of hydrogen-bond acceptors (Lipinski definition) is 3.